The van der Waals surface area contributed by atoms with Crippen molar-refractivity contribution in [3.63, 3.8) is 0 Å². The number of anilines is 1. The summed E-state index contributed by atoms with van der Waals surface area (Å²) >= 11 is 4.63. The number of carbonyl (C=O) groups is 2. The molecule has 6 heteroatoms. The van der Waals surface area contributed by atoms with Crippen LogP contribution in [0.2, 0.25) is 0 Å². The number of carbonyl (C=O) groups excluding carboxylic acids is 2. The maximum Gasteiger partial charge on any atom is 0.264 e. The first-order valence-electron chi connectivity index (χ1n) is 7.39. The van der Waals surface area contributed by atoms with E-state index in [0.717, 1.165) is 10.2 Å². The van der Waals surface area contributed by atoms with Crippen LogP contribution in [0.4, 0.5) is 5.69 Å². The molecule has 1 aromatic heterocycles. The largest absolute Gasteiger partial charge is 0.375 e. The Hall–Kier alpha value is -1.50. The Morgan fingerprint density at radius 3 is 2.70 bits per heavy atom. The van der Waals surface area contributed by atoms with Crippen molar-refractivity contribution in [2.45, 2.75) is 25.4 Å². The molecule has 0 radical (unpaired) electrons. The van der Waals surface area contributed by atoms with E-state index in [1.54, 1.807) is 29.2 Å². The average molecular weight is 394 g/mol. The molecule has 0 saturated heterocycles. The SMILES string of the molecule is CCCN1C(=O)[C@@](O)(CC(=O)c2ccc(Br)s2)c2ccccc21. The summed E-state index contributed by atoms with van der Waals surface area (Å²) in [5.74, 6) is -0.644. The number of Topliss-reactive ketones (excluding diaryl/α,β-unsaturated/α-hetero) is 1. The molecule has 1 aliphatic heterocycles. The van der Waals surface area contributed by atoms with Gasteiger partial charge in [-0.1, -0.05) is 25.1 Å². The van der Waals surface area contributed by atoms with E-state index >= 15 is 0 Å². The van der Waals surface area contributed by atoms with Crippen LogP contribution in [-0.2, 0) is 10.4 Å². The number of fused-ring (bicyclic) bond motifs is 1. The molecule has 0 fully saturated rings. The fraction of sp³-hybridized carbons (Fsp3) is 0.294. The highest BCUT2D eigenvalue weighted by molar-refractivity contribution is 9.11. The second kappa shape index (κ2) is 6.19. The summed E-state index contributed by atoms with van der Waals surface area (Å²) in [6.45, 7) is 2.50. The zero-order chi connectivity index (χ0) is 16.6. The number of rotatable bonds is 5. The quantitative estimate of drug-likeness (QED) is 0.787. The van der Waals surface area contributed by atoms with Crippen molar-refractivity contribution in [1.82, 2.24) is 0 Å². The molecule has 1 N–H and O–H groups in total. The maximum absolute atomic E-state index is 12.8. The standard InChI is InChI=1S/C17H16BrNO3S/c1-2-9-19-12-6-4-3-5-11(12)17(22,16(19)21)10-13(20)14-7-8-15(18)23-14/h3-8,22H,2,9-10H2,1H3/t17-/m1/s1. The molecule has 120 valence electrons. The molecule has 2 aromatic rings. The predicted molar refractivity (Wildman–Crippen MR) is 93.9 cm³/mol. The van der Waals surface area contributed by atoms with Crippen molar-refractivity contribution in [1.29, 1.82) is 0 Å². The lowest BCUT2D eigenvalue weighted by atomic mass is 9.89. The van der Waals surface area contributed by atoms with Gasteiger partial charge < -0.3 is 10.0 Å². The van der Waals surface area contributed by atoms with Crippen molar-refractivity contribution in [3.05, 3.63) is 50.6 Å². The van der Waals surface area contributed by atoms with E-state index in [1.165, 1.54) is 11.3 Å². The molecule has 0 saturated carbocycles. The summed E-state index contributed by atoms with van der Waals surface area (Å²) in [5, 5.41) is 11.0. The smallest absolute Gasteiger partial charge is 0.264 e. The molecule has 2 heterocycles. The van der Waals surface area contributed by atoms with E-state index in [1.807, 2.05) is 19.1 Å². The molecule has 1 aromatic carbocycles. The van der Waals surface area contributed by atoms with Crippen molar-refractivity contribution in [2.75, 3.05) is 11.4 Å². The molecule has 0 spiro atoms. The van der Waals surface area contributed by atoms with E-state index in [4.69, 9.17) is 0 Å². The van der Waals surface area contributed by atoms with Crippen molar-refractivity contribution >= 4 is 44.6 Å². The lowest BCUT2D eigenvalue weighted by Crippen LogP contribution is -2.42. The first kappa shape index (κ1) is 16.4. The number of benzene rings is 1. The van der Waals surface area contributed by atoms with Crippen LogP contribution >= 0.6 is 27.3 Å². The lowest BCUT2D eigenvalue weighted by molar-refractivity contribution is -0.135. The van der Waals surface area contributed by atoms with Gasteiger partial charge in [-0.15, -0.1) is 11.3 Å². The summed E-state index contributed by atoms with van der Waals surface area (Å²) in [6.07, 6.45) is 0.540. The van der Waals surface area contributed by atoms with Crippen molar-refractivity contribution < 1.29 is 14.7 Å². The van der Waals surface area contributed by atoms with Crippen LogP contribution in [0.3, 0.4) is 0 Å². The zero-order valence-corrected chi connectivity index (χ0v) is 15.0. The summed E-state index contributed by atoms with van der Waals surface area (Å²) in [4.78, 5) is 27.4. The second-order valence-electron chi connectivity index (χ2n) is 5.54. The minimum absolute atomic E-state index is 0.232. The van der Waals surface area contributed by atoms with Gasteiger partial charge in [0.15, 0.2) is 11.4 Å². The molecule has 0 bridgehead atoms. The maximum atomic E-state index is 12.8. The molecular formula is C17H16BrNO3S. The monoisotopic (exact) mass is 393 g/mol. The third kappa shape index (κ3) is 2.75. The van der Waals surface area contributed by atoms with Crippen LogP contribution in [0, 0.1) is 0 Å². The van der Waals surface area contributed by atoms with E-state index < -0.39 is 11.5 Å². The minimum atomic E-state index is -1.78. The van der Waals surface area contributed by atoms with Gasteiger partial charge in [0.25, 0.3) is 5.91 Å². The molecule has 1 atom stereocenters. The normalized spacial score (nSPS) is 20.0. The van der Waals surface area contributed by atoms with Crippen LogP contribution in [0.5, 0.6) is 0 Å². The van der Waals surface area contributed by atoms with Crippen LogP contribution in [0.25, 0.3) is 0 Å². The Bertz CT molecular complexity index is 773. The van der Waals surface area contributed by atoms with Gasteiger partial charge in [0.1, 0.15) is 0 Å². The van der Waals surface area contributed by atoms with Gasteiger partial charge >= 0.3 is 0 Å². The number of ketones is 1. The molecular weight excluding hydrogens is 378 g/mol. The van der Waals surface area contributed by atoms with Gasteiger partial charge in [0, 0.05) is 12.1 Å². The van der Waals surface area contributed by atoms with Crippen molar-refractivity contribution in [2.24, 2.45) is 0 Å². The topological polar surface area (TPSA) is 57.6 Å². The van der Waals surface area contributed by atoms with E-state index in [-0.39, 0.29) is 12.2 Å². The van der Waals surface area contributed by atoms with Gasteiger partial charge in [-0.05, 0) is 40.5 Å². The Kier molecular flexibility index (Phi) is 4.40. The Balaban J connectivity index is 1.97. The summed E-state index contributed by atoms with van der Waals surface area (Å²) in [7, 11) is 0. The Morgan fingerprint density at radius 1 is 1.30 bits per heavy atom. The highest BCUT2D eigenvalue weighted by Crippen LogP contribution is 2.43. The predicted octanol–water partition coefficient (Wildman–Crippen LogP) is 3.73. The van der Waals surface area contributed by atoms with Crippen LogP contribution in [-0.4, -0.2) is 23.3 Å². The number of hydrogen-bond donors (Lipinski definition) is 1. The number of hydrogen-bond acceptors (Lipinski definition) is 4. The third-order valence-electron chi connectivity index (χ3n) is 3.95. The average Bonchev–Trinajstić information content (AvgIpc) is 3.05. The van der Waals surface area contributed by atoms with Gasteiger partial charge in [-0.25, -0.2) is 0 Å². The summed E-state index contributed by atoms with van der Waals surface area (Å²) in [5.41, 5.74) is -0.566. The molecule has 3 rings (SSSR count). The molecule has 1 aliphatic rings. The molecule has 0 aliphatic carbocycles. The van der Waals surface area contributed by atoms with E-state index in [0.29, 0.717) is 22.7 Å². The molecule has 0 unspecified atom stereocenters. The first-order valence-corrected chi connectivity index (χ1v) is 9.00. The van der Waals surface area contributed by atoms with Gasteiger partial charge in [0.05, 0.1) is 20.8 Å². The number of aliphatic hydroxyl groups is 1. The molecule has 1 amide bonds. The van der Waals surface area contributed by atoms with Crippen LogP contribution in [0.15, 0.2) is 40.2 Å². The van der Waals surface area contributed by atoms with Crippen molar-refractivity contribution in [3.8, 4) is 0 Å². The van der Waals surface area contributed by atoms with E-state index in [2.05, 4.69) is 15.9 Å². The third-order valence-corrected chi connectivity index (χ3v) is 5.62. The molecule has 23 heavy (non-hydrogen) atoms. The number of nitrogens with zero attached hydrogens (tertiary/aromatic N) is 1. The zero-order valence-electron chi connectivity index (χ0n) is 12.6. The Morgan fingerprint density at radius 2 is 2.04 bits per heavy atom. The van der Waals surface area contributed by atoms with E-state index in [9.17, 15) is 14.7 Å². The van der Waals surface area contributed by atoms with Gasteiger partial charge in [-0.3, -0.25) is 9.59 Å². The summed E-state index contributed by atoms with van der Waals surface area (Å²) < 4.78 is 0.846. The molecule has 4 nitrogen and oxygen atoms in total. The minimum Gasteiger partial charge on any atom is -0.375 e. The number of amides is 1. The highest BCUT2D eigenvalue weighted by Gasteiger charge is 2.50. The Labute approximate surface area is 146 Å². The van der Waals surface area contributed by atoms with Gasteiger partial charge in [0.2, 0.25) is 0 Å². The van der Waals surface area contributed by atoms with Crippen LogP contribution in [0.1, 0.15) is 35.0 Å². The van der Waals surface area contributed by atoms with Gasteiger partial charge in [-0.2, -0.15) is 0 Å². The number of halogens is 1. The number of thiophene rings is 1. The highest BCUT2D eigenvalue weighted by atomic mass is 79.9. The van der Waals surface area contributed by atoms with Crippen LogP contribution < -0.4 is 4.90 Å². The number of para-hydroxylation sites is 1. The summed E-state index contributed by atoms with van der Waals surface area (Å²) in [6, 6.07) is 10.6. The first-order chi connectivity index (χ1) is 11.0. The second-order valence-corrected chi connectivity index (χ2v) is 8.00. The lowest BCUT2D eigenvalue weighted by Gasteiger charge is -2.22. The fourth-order valence-corrected chi connectivity index (χ4v) is 4.23. The fourth-order valence-electron chi connectivity index (χ4n) is 2.91.